The van der Waals surface area contributed by atoms with Gasteiger partial charge in [0.15, 0.2) is 5.82 Å². The van der Waals surface area contributed by atoms with Crippen molar-refractivity contribution >= 4 is 23.4 Å². The van der Waals surface area contributed by atoms with E-state index in [0.717, 1.165) is 6.54 Å². The molecule has 0 aliphatic carbocycles. The highest BCUT2D eigenvalue weighted by molar-refractivity contribution is 6.32. The smallest absolute Gasteiger partial charge is 0.224 e. The summed E-state index contributed by atoms with van der Waals surface area (Å²) in [5, 5.41) is 12.8. The van der Waals surface area contributed by atoms with Crippen LogP contribution in [0.1, 0.15) is 13.8 Å². The van der Waals surface area contributed by atoms with Gasteiger partial charge in [-0.25, -0.2) is 4.98 Å². The van der Waals surface area contributed by atoms with Gasteiger partial charge in [0.25, 0.3) is 0 Å². The molecule has 2 atom stereocenters. The Hall–Kier alpha value is -1.11. The number of aliphatic hydroxyl groups is 1. The lowest BCUT2D eigenvalue weighted by molar-refractivity contribution is -0.0422. The van der Waals surface area contributed by atoms with Gasteiger partial charge in [0.2, 0.25) is 5.95 Å². The Kier molecular flexibility index (Phi) is 4.79. The van der Waals surface area contributed by atoms with Crippen LogP contribution in [0.25, 0.3) is 0 Å². The molecular weight excluding hydrogens is 268 g/mol. The van der Waals surface area contributed by atoms with Gasteiger partial charge < -0.3 is 20.1 Å². The molecule has 106 valence electrons. The fraction of sp³-hybridized carbons (Fsp3) is 0.667. The van der Waals surface area contributed by atoms with Crippen LogP contribution in [0.5, 0.6) is 0 Å². The van der Waals surface area contributed by atoms with E-state index in [1.54, 1.807) is 6.20 Å². The molecule has 1 aromatic rings. The number of rotatable bonds is 4. The third kappa shape index (κ3) is 3.46. The van der Waals surface area contributed by atoms with Crippen LogP contribution in [0.3, 0.4) is 0 Å². The van der Waals surface area contributed by atoms with E-state index in [0.29, 0.717) is 29.9 Å². The summed E-state index contributed by atoms with van der Waals surface area (Å²) >= 11 is 6.17. The first-order valence-corrected chi connectivity index (χ1v) is 6.79. The molecule has 7 heteroatoms. The summed E-state index contributed by atoms with van der Waals surface area (Å²) in [5.74, 6) is 1.24. The van der Waals surface area contributed by atoms with Crippen molar-refractivity contribution in [3.05, 3.63) is 11.2 Å². The van der Waals surface area contributed by atoms with E-state index in [1.165, 1.54) is 0 Å². The van der Waals surface area contributed by atoms with Crippen LogP contribution in [0.15, 0.2) is 6.20 Å². The maximum atomic E-state index is 9.25. The molecular formula is C12H19ClN4O2. The first-order chi connectivity index (χ1) is 9.13. The largest absolute Gasteiger partial charge is 0.394 e. The minimum absolute atomic E-state index is 0.0103. The van der Waals surface area contributed by atoms with E-state index in [-0.39, 0.29) is 18.8 Å². The Balaban J connectivity index is 2.21. The Bertz CT molecular complexity index is 432. The van der Waals surface area contributed by atoms with Crippen molar-refractivity contribution < 1.29 is 9.84 Å². The zero-order valence-corrected chi connectivity index (χ0v) is 11.9. The van der Waals surface area contributed by atoms with Gasteiger partial charge in [0.1, 0.15) is 5.02 Å². The molecule has 2 unspecified atom stereocenters. The minimum Gasteiger partial charge on any atom is -0.394 e. The van der Waals surface area contributed by atoms with E-state index < -0.39 is 0 Å². The Morgan fingerprint density at radius 1 is 1.58 bits per heavy atom. The minimum atomic E-state index is -0.211. The number of morpholine rings is 1. The lowest BCUT2D eigenvalue weighted by Crippen LogP contribution is -2.48. The molecule has 2 N–H and O–H groups in total. The van der Waals surface area contributed by atoms with E-state index in [2.05, 4.69) is 15.3 Å². The molecule has 19 heavy (non-hydrogen) atoms. The monoisotopic (exact) mass is 286 g/mol. The zero-order valence-electron chi connectivity index (χ0n) is 11.1. The van der Waals surface area contributed by atoms with Gasteiger partial charge in [-0.3, -0.25) is 0 Å². The summed E-state index contributed by atoms with van der Waals surface area (Å²) in [7, 11) is 0. The van der Waals surface area contributed by atoms with Crippen LogP contribution in [0.2, 0.25) is 5.02 Å². The summed E-state index contributed by atoms with van der Waals surface area (Å²) in [6, 6.07) is 0. The van der Waals surface area contributed by atoms with Crippen LogP contribution in [-0.4, -0.2) is 53.5 Å². The molecule has 6 nitrogen and oxygen atoms in total. The van der Waals surface area contributed by atoms with Gasteiger partial charge in [-0.05, 0) is 13.8 Å². The molecule has 0 amide bonds. The lowest BCUT2D eigenvalue weighted by Gasteiger charge is -2.37. The van der Waals surface area contributed by atoms with Crippen LogP contribution in [0, 0.1) is 0 Å². The number of aliphatic hydroxyl groups excluding tert-OH is 1. The summed E-state index contributed by atoms with van der Waals surface area (Å²) < 4.78 is 5.61. The van der Waals surface area contributed by atoms with E-state index >= 15 is 0 Å². The van der Waals surface area contributed by atoms with E-state index in [1.807, 2.05) is 18.7 Å². The maximum absolute atomic E-state index is 9.25. The second kappa shape index (κ2) is 6.36. The third-order valence-electron chi connectivity index (χ3n) is 2.89. The number of anilines is 2. The first-order valence-electron chi connectivity index (χ1n) is 6.41. The van der Waals surface area contributed by atoms with Gasteiger partial charge in [-0.15, -0.1) is 0 Å². The Morgan fingerprint density at radius 2 is 2.37 bits per heavy atom. The summed E-state index contributed by atoms with van der Waals surface area (Å²) in [4.78, 5) is 10.6. The predicted octanol–water partition coefficient (Wildman–Crippen LogP) is 1.15. The van der Waals surface area contributed by atoms with Crippen molar-refractivity contribution in [1.82, 2.24) is 9.97 Å². The van der Waals surface area contributed by atoms with E-state index in [4.69, 9.17) is 16.3 Å². The second-order valence-corrected chi connectivity index (χ2v) is 4.96. The van der Waals surface area contributed by atoms with Gasteiger partial charge in [-0.2, -0.15) is 4.98 Å². The van der Waals surface area contributed by atoms with Crippen molar-refractivity contribution in [2.45, 2.75) is 26.1 Å². The molecule has 1 aliphatic heterocycles. The normalized spacial score (nSPS) is 23.5. The van der Waals surface area contributed by atoms with Crippen molar-refractivity contribution in [2.75, 3.05) is 36.5 Å². The molecule has 2 rings (SSSR count). The average molecular weight is 287 g/mol. The van der Waals surface area contributed by atoms with Gasteiger partial charge >= 0.3 is 0 Å². The van der Waals surface area contributed by atoms with E-state index in [9.17, 15) is 5.11 Å². The molecule has 1 fully saturated rings. The third-order valence-corrected chi connectivity index (χ3v) is 3.16. The molecule has 1 saturated heterocycles. The van der Waals surface area contributed by atoms with Gasteiger partial charge in [0, 0.05) is 19.6 Å². The SMILES string of the molecule is CCNc1ncc(Cl)c(N2CC(C)OC(CO)C2)n1. The number of ether oxygens (including phenoxy) is 1. The van der Waals surface area contributed by atoms with Crippen molar-refractivity contribution in [1.29, 1.82) is 0 Å². The van der Waals surface area contributed by atoms with Crippen LogP contribution in [0.4, 0.5) is 11.8 Å². The van der Waals surface area contributed by atoms with Crippen LogP contribution in [-0.2, 0) is 4.74 Å². The fourth-order valence-electron chi connectivity index (χ4n) is 2.14. The van der Waals surface area contributed by atoms with Gasteiger partial charge in [0.05, 0.1) is 25.0 Å². The molecule has 0 bridgehead atoms. The summed E-state index contributed by atoms with van der Waals surface area (Å²) in [6.07, 6.45) is 1.41. The molecule has 2 heterocycles. The molecule has 1 aliphatic rings. The quantitative estimate of drug-likeness (QED) is 0.865. The molecule has 0 spiro atoms. The van der Waals surface area contributed by atoms with Crippen LogP contribution < -0.4 is 10.2 Å². The zero-order chi connectivity index (χ0) is 13.8. The highest BCUT2D eigenvalue weighted by atomic mass is 35.5. The van der Waals surface area contributed by atoms with Crippen molar-refractivity contribution in [2.24, 2.45) is 0 Å². The number of nitrogens with one attached hydrogen (secondary N) is 1. The number of aromatic nitrogens is 2. The Morgan fingerprint density at radius 3 is 3.05 bits per heavy atom. The lowest BCUT2D eigenvalue weighted by atomic mass is 10.2. The molecule has 1 aromatic heterocycles. The number of hydrogen-bond acceptors (Lipinski definition) is 6. The van der Waals surface area contributed by atoms with Crippen LogP contribution >= 0.6 is 11.6 Å². The Labute approximate surface area is 117 Å². The standard InChI is InChI=1S/C12H19ClN4O2/c1-3-14-12-15-4-10(13)11(16-12)17-5-8(2)19-9(6-17)7-18/h4,8-9,18H,3,5-7H2,1-2H3,(H,14,15,16). The average Bonchev–Trinajstić information content (AvgIpc) is 2.40. The number of halogens is 1. The highest BCUT2D eigenvalue weighted by Crippen LogP contribution is 2.26. The second-order valence-electron chi connectivity index (χ2n) is 4.55. The predicted molar refractivity (Wildman–Crippen MR) is 74.8 cm³/mol. The number of nitrogens with zero attached hydrogens (tertiary/aromatic N) is 3. The highest BCUT2D eigenvalue weighted by Gasteiger charge is 2.27. The van der Waals surface area contributed by atoms with Crippen molar-refractivity contribution in [3.8, 4) is 0 Å². The topological polar surface area (TPSA) is 70.5 Å². The maximum Gasteiger partial charge on any atom is 0.224 e. The molecule has 0 radical (unpaired) electrons. The molecule has 0 aromatic carbocycles. The first kappa shape index (κ1) is 14.3. The fourth-order valence-corrected chi connectivity index (χ4v) is 2.35. The van der Waals surface area contributed by atoms with Gasteiger partial charge in [-0.1, -0.05) is 11.6 Å². The number of hydrogen-bond donors (Lipinski definition) is 2. The molecule has 0 saturated carbocycles. The summed E-state index contributed by atoms with van der Waals surface area (Å²) in [6.45, 7) is 5.96. The van der Waals surface area contributed by atoms with Crippen molar-refractivity contribution in [3.63, 3.8) is 0 Å². The summed E-state index contributed by atoms with van der Waals surface area (Å²) in [5.41, 5.74) is 0.